The van der Waals surface area contributed by atoms with Gasteiger partial charge in [-0.25, -0.2) is 4.98 Å². The van der Waals surface area contributed by atoms with Gasteiger partial charge in [-0.2, -0.15) is 0 Å². The molecule has 7 heteroatoms. The van der Waals surface area contributed by atoms with Gasteiger partial charge in [-0.05, 0) is 36.4 Å². The fourth-order valence-electron chi connectivity index (χ4n) is 3.37. The molecule has 1 aromatic heterocycles. The molecular weight excluding hydrogens is 382 g/mol. The molecule has 0 bridgehead atoms. The lowest BCUT2D eigenvalue weighted by Gasteiger charge is -2.34. The first kappa shape index (κ1) is 18.3. The van der Waals surface area contributed by atoms with E-state index in [1.54, 1.807) is 25.6 Å². The fourth-order valence-corrected chi connectivity index (χ4v) is 4.66. The highest BCUT2D eigenvalue weighted by atomic mass is 35.5. The third kappa shape index (κ3) is 3.98. The molecule has 2 heterocycles. The van der Waals surface area contributed by atoms with Gasteiger partial charge < -0.3 is 14.4 Å². The molecule has 0 unspecified atom stereocenters. The minimum Gasteiger partial charge on any atom is -0.497 e. The Balaban J connectivity index is 1.43. The van der Waals surface area contributed by atoms with Gasteiger partial charge in [0.1, 0.15) is 11.5 Å². The van der Waals surface area contributed by atoms with Crippen LogP contribution in [0, 0.1) is 0 Å². The van der Waals surface area contributed by atoms with E-state index in [2.05, 4.69) is 15.9 Å². The molecule has 0 amide bonds. The summed E-state index contributed by atoms with van der Waals surface area (Å²) in [5, 5.41) is 1.83. The molecule has 0 radical (unpaired) electrons. The van der Waals surface area contributed by atoms with Crippen LogP contribution in [0.1, 0.15) is 5.56 Å². The SMILES string of the molecule is COc1ccc(OC)c(CN2CCN(c3nc4ccc(Cl)cc4s3)CC2)c1. The lowest BCUT2D eigenvalue weighted by atomic mass is 10.1. The number of methoxy groups -OCH3 is 2. The largest absolute Gasteiger partial charge is 0.497 e. The van der Waals surface area contributed by atoms with Crippen molar-refractivity contribution in [2.75, 3.05) is 45.3 Å². The van der Waals surface area contributed by atoms with Gasteiger partial charge in [0.15, 0.2) is 5.13 Å². The van der Waals surface area contributed by atoms with Crippen molar-refractivity contribution < 1.29 is 9.47 Å². The van der Waals surface area contributed by atoms with Crippen molar-refractivity contribution in [1.82, 2.24) is 9.88 Å². The molecule has 1 aliphatic rings. The van der Waals surface area contributed by atoms with Gasteiger partial charge >= 0.3 is 0 Å². The monoisotopic (exact) mass is 403 g/mol. The summed E-state index contributed by atoms with van der Waals surface area (Å²) in [7, 11) is 3.40. The van der Waals surface area contributed by atoms with Crippen LogP contribution in [0.3, 0.4) is 0 Å². The van der Waals surface area contributed by atoms with Crippen LogP contribution in [0.4, 0.5) is 5.13 Å². The lowest BCUT2D eigenvalue weighted by Crippen LogP contribution is -2.45. The van der Waals surface area contributed by atoms with Crippen molar-refractivity contribution in [2.24, 2.45) is 0 Å². The number of nitrogens with zero attached hydrogens (tertiary/aromatic N) is 3. The summed E-state index contributed by atoms with van der Waals surface area (Å²) < 4.78 is 12.0. The van der Waals surface area contributed by atoms with E-state index in [1.165, 1.54) is 0 Å². The average molecular weight is 404 g/mol. The van der Waals surface area contributed by atoms with Crippen molar-refractivity contribution in [1.29, 1.82) is 0 Å². The lowest BCUT2D eigenvalue weighted by molar-refractivity contribution is 0.245. The number of ether oxygens (including phenoxy) is 2. The summed E-state index contributed by atoms with van der Waals surface area (Å²) in [6, 6.07) is 11.8. The molecule has 2 aromatic carbocycles. The van der Waals surface area contributed by atoms with Crippen molar-refractivity contribution in [2.45, 2.75) is 6.54 Å². The molecule has 27 heavy (non-hydrogen) atoms. The van der Waals surface area contributed by atoms with Crippen molar-refractivity contribution >= 4 is 38.3 Å². The molecule has 0 spiro atoms. The normalized spacial score (nSPS) is 15.3. The first-order valence-electron chi connectivity index (χ1n) is 8.90. The Bertz CT molecular complexity index is 938. The van der Waals surface area contributed by atoms with Crippen LogP contribution in [-0.2, 0) is 6.54 Å². The second-order valence-corrected chi connectivity index (χ2v) is 7.99. The summed E-state index contributed by atoms with van der Waals surface area (Å²) >= 11 is 7.81. The highest BCUT2D eigenvalue weighted by Crippen LogP contribution is 2.31. The van der Waals surface area contributed by atoms with Crippen LogP contribution >= 0.6 is 22.9 Å². The Kier molecular flexibility index (Phi) is 5.38. The molecule has 0 aliphatic carbocycles. The molecule has 1 saturated heterocycles. The van der Waals surface area contributed by atoms with E-state index in [1.807, 2.05) is 30.3 Å². The van der Waals surface area contributed by atoms with E-state index in [4.69, 9.17) is 26.1 Å². The van der Waals surface area contributed by atoms with Gasteiger partial charge in [0.25, 0.3) is 0 Å². The van der Waals surface area contributed by atoms with E-state index in [0.717, 1.165) is 70.2 Å². The quantitative estimate of drug-likeness (QED) is 0.635. The van der Waals surface area contributed by atoms with Gasteiger partial charge in [0.2, 0.25) is 0 Å². The molecule has 3 aromatic rings. The van der Waals surface area contributed by atoms with Gasteiger partial charge in [-0.1, -0.05) is 22.9 Å². The third-order valence-corrected chi connectivity index (χ3v) is 6.18. The van der Waals surface area contributed by atoms with Crippen LogP contribution in [0.15, 0.2) is 36.4 Å². The Hall–Kier alpha value is -2.02. The number of halogens is 1. The van der Waals surface area contributed by atoms with Gasteiger partial charge in [0.05, 0.1) is 24.4 Å². The van der Waals surface area contributed by atoms with E-state index >= 15 is 0 Å². The number of anilines is 1. The maximum Gasteiger partial charge on any atom is 0.186 e. The van der Waals surface area contributed by atoms with Crippen LogP contribution in [0.25, 0.3) is 10.2 Å². The van der Waals surface area contributed by atoms with E-state index in [-0.39, 0.29) is 0 Å². The minimum atomic E-state index is 0.759. The highest BCUT2D eigenvalue weighted by Gasteiger charge is 2.21. The summed E-state index contributed by atoms with van der Waals surface area (Å²) in [5.41, 5.74) is 2.17. The number of thiazole rings is 1. The number of fused-ring (bicyclic) bond motifs is 1. The summed E-state index contributed by atoms with van der Waals surface area (Å²) in [6.07, 6.45) is 0. The van der Waals surface area contributed by atoms with Crippen LogP contribution in [0.5, 0.6) is 11.5 Å². The van der Waals surface area contributed by atoms with Crippen LogP contribution in [-0.4, -0.2) is 50.3 Å². The van der Waals surface area contributed by atoms with Crippen molar-refractivity contribution in [3.05, 3.63) is 47.0 Å². The fraction of sp³-hybridized carbons (Fsp3) is 0.350. The van der Waals surface area contributed by atoms with Crippen molar-refractivity contribution in [3.63, 3.8) is 0 Å². The predicted molar refractivity (Wildman–Crippen MR) is 112 cm³/mol. The molecular formula is C20H22ClN3O2S. The Morgan fingerprint density at radius 1 is 1.04 bits per heavy atom. The van der Waals surface area contributed by atoms with Crippen LogP contribution < -0.4 is 14.4 Å². The number of rotatable bonds is 5. The Labute approximate surface area is 168 Å². The Morgan fingerprint density at radius 2 is 1.85 bits per heavy atom. The molecule has 142 valence electrons. The summed E-state index contributed by atoms with van der Waals surface area (Å²) in [4.78, 5) is 9.57. The highest BCUT2D eigenvalue weighted by molar-refractivity contribution is 7.22. The van der Waals surface area contributed by atoms with Gasteiger partial charge in [-0.3, -0.25) is 4.90 Å². The maximum absolute atomic E-state index is 6.10. The second-order valence-electron chi connectivity index (χ2n) is 6.55. The van der Waals surface area contributed by atoms with E-state index in [0.29, 0.717) is 0 Å². The first-order valence-corrected chi connectivity index (χ1v) is 10.1. The van der Waals surface area contributed by atoms with Gasteiger partial charge in [0, 0.05) is 43.3 Å². The topological polar surface area (TPSA) is 37.8 Å². The first-order chi connectivity index (χ1) is 13.2. The number of hydrogen-bond acceptors (Lipinski definition) is 6. The predicted octanol–water partition coefficient (Wildman–Crippen LogP) is 4.29. The third-order valence-electron chi connectivity index (χ3n) is 4.86. The standard InChI is InChI=1S/C20H22ClN3O2S/c1-25-16-4-6-18(26-2)14(11-16)13-23-7-9-24(10-8-23)20-22-17-5-3-15(21)12-19(17)27-20/h3-6,11-12H,7-10,13H2,1-2H3. The zero-order valence-electron chi connectivity index (χ0n) is 15.4. The zero-order chi connectivity index (χ0) is 18.8. The molecule has 5 nitrogen and oxygen atoms in total. The zero-order valence-corrected chi connectivity index (χ0v) is 17.0. The summed E-state index contributed by atoms with van der Waals surface area (Å²) in [5.74, 6) is 1.76. The molecule has 1 aliphatic heterocycles. The average Bonchev–Trinajstić information content (AvgIpc) is 3.11. The van der Waals surface area contributed by atoms with Crippen molar-refractivity contribution in [3.8, 4) is 11.5 Å². The molecule has 0 atom stereocenters. The number of aromatic nitrogens is 1. The number of piperazine rings is 1. The molecule has 0 N–H and O–H groups in total. The molecule has 1 fully saturated rings. The second kappa shape index (κ2) is 7.92. The molecule has 4 rings (SSSR count). The molecule has 0 saturated carbocycles. The number of benzene rings is 2. The van der Waals surface area contributed by atoms with E-state index < -0.39 is 0 Å². The van der Waals surface area contributed by atoms with Gasteiger partial charge in [-0.15, -0.1) is 0 Å². The van der Waals surface area contributed by atoms with Crippen LogP contribution in [0.2, 0.25) is 5.02 Å². The maximum atomic E-state index is 6.10. The minimum absolute atomic E-state index is 0.759. The number of hydrogen-bond donors (Lipinski definition) is 0. The smallest absolute Gasteiger partial charge is 0.186 e. The summed E-state index contributed by atoms with van der Waals surface area (Å²) in [6.45, 7) is 4.73. The van der Waals surface area contributed by atoms with E-state index in [9.17, 15) is 0 Å². The Morgan fingerprint density at radius 3 is 2.59 bits per heavy atom.